The quantitative estimate of drug-likeness (QED) is 0.777. The van der Waals surface area contributed by atoms with E-state index in [2.05, 4.69) is 20.8 Å². The second-order valence-corrected chi connectivity index (χ2v) is 7.61. The smallest absolute Gasteiger partial charge is 0.129 e. The highest BCUT2D eigenvalue weighted by Gasteiger charge is 2.40. The van der Waals surface area contributed by atoms with Crippen molar-refractivity contribution in [2.45, 2.75) is 65.9 Å². The third-order valence-electron chi connectivity index (χ3n) is 4.93. The van der Waals surface area contributed by atoms with Crippen LogP contribution in [0.1, 0.15) is 63.1 Å². The first-order chi connectivity index (χ1) is 9.13. The van der Waals surface area contributed by atoms with E-state index in [0.29, 0.717) is 24.3 Å². The van der Waals surface area contributed by atoms with E-state index < -0.39 is 5.60 Å². The Labute approximate surface area is 122 Å². The van der Waals surface area contributed by atoms with E-state index in [4.69, 9.17) is 0 Å². The van der Waals surface area contributed by atoms with E-state index in [9.17, 15) is 9.50 Å². The molecule has 1 aliphatic rings. The van der Waals surface area contributed by atoms with Crippen molar-refractivity contribution in [3.8, 4) is 0 Å². The van der Waals surface area contributed by atoms with Crippen LogP contribution in [0, 0.1) is 31.0 Å². The van der Waals surface area contributed by atoms with Crippen molar-refractivity contribution in [2.75, 3.05) is 0 Å². The van der Waals surface area contributed by atoms with Crippen LogP contribution in [0.15, 0.2) is 12.1 Å². The monoisotopic (exact) mass is 278 g/mol. The minimum absolute atomic E-state index is 0.251. The Bertz CT molecular complexity index is 468. The number of hydrogen-bond donors (Lipinski definition) is 1. The lowest BCUT2D eigenvalue weighted by Crippen LogP contribution is -2.36. The number of aliphatic hydroxyl groups is 1. The molecule has 1 saturated carbocycles. The van der Waals surface area contributed by atoms with E-state index >= 15 is 0 Å². The van der Waals surface area contributed by atoms with Crippen molar-refractivity contribution < 1.29 is 9.50 Å². The first-order valence-electron chi connectivity index (χ1n) is 7.63. The van der Waals surface area contributed by atoms with E-state index in [1.165, 1.54) is 6.07 Å². The van der Waals surface area contributed by atoms with Crippen molar-refractivity contribution in [1.29, 1.82) is 0 Å². The molecule has 1 nitrogen and oxygen atoms in total. The molecule has 0 atom stereocenters. The van der Waals surface area contributed by atoms with Gasteiger partial charge in [0.15, 0.2) is 0 Å². The Morgan fingerprint density at radius 1 is 1.15 bits per heavy atom. The first-order valence-corrected chi connectivity index (χ1v) is 7.63. The second-order valence-electron chi connectivity index (χ2n) is 7.61. The first kappa shape index (κ1) is 15.5. The van der Waals surface area contributed by atoms with Crippen molar-refractivity contribution in [3.05, 3.63) is 34.6 Å². The van der Waals surface area contributed by atoms with Crippen LogP contribution in [0.4, 0.5) is 4.39 Å². The van der Waals surface area contributed by atoms with Crippen LogP contribution in [0.2, 0.25) is 0 Å². The van der Waals surface area contributed by atoms with Crippen LogP contribution in [0.25, 0.3) is 0 Å². The van der Waals surface area contributed by atoms with Gasteiger partial charge in [-0.3, -0.25) is 0 Å². The van der Waals surface area contributed by atoms with Crippen molar-refractivity contribution >= 4 is 0 Å². The normalized spacial score (nSPS) is 27.6. The Morgan fingerprint density at radius 2 is 1.70 bits per heavy atom. The number of hydrogen-bond acceptors (Lipinski definition) is 1. The van der Waals surface area contributed by atoms with Crippen LogP contribution in [0.5, 0.6) is 0 Å². The maximum absolute atomic E-state index is 14.3. The molecule has 0 aromatic heterocycles. The van der Waals surface area contributed by atoms with E-state index in [0.717, 1.165) is 24.0 Å². The molecular weight excluding hydrogens is 251 g/mol. The summed E-state index contributed by atoms with van der Waals surface area (Å²) in [5.41, 5.74) is 1.59. The van der Waals surface area contributed by atoms with Crippen molar-refractivity contribution in [2.24, 2.45) is 11.3 Å². The number of benzene rings is 1. The fraction of sp³-hybridized carbons (Fsp3) is 0.667. The van der Waals surface area contributed by atoms with Crippen LogP contribution in [0.3, 0.4) is 0 Å². The van der Waals surface area contributed by atoms with Gasteiger partial charge in [0, 0.05) is 5.56 Å². The summed E-state index contributed by atoms with van der Waals surface area (Å²) in [5.74, 6) is 0.357. The van der Waals surface area contributed by atoms with E-state index in [1.54, 1.807) is 0 Å². The van der Waals surface area contributed by atoms with E-state index in [1.807, 2.05) is 19.9 Å². The number of aryl methyl sites for hydroxylation is 2. The molecule has 1 aliphatic carbocycles. The van der Waals surface area contributed by atoms with Gasteiger partial charge in [-0.1, -0.05) is 26.8 Å². The van der Waals surface area contributed by atoms with Gasteiger partial charge in [-0.05, 0) is 68.1 Å². The molecule has 2 heteroatoms. The Balaban J connectivity index is 2.27. The Morgan fingerprint density at radius 3 is 2.15 bits per heavy atom. The molecule has 1 aromatic rings. The molecule has 2 rings (SSSR count). The average molecular weight is 278 g/mol. The fourth-order valence-corrected chi connectivity index (χ4v) is 3.72. The zero-order chi connectivity index (χ0) is 15.1. The van der Waals surface area contributed by atoms with Gasteiger partial charge in [0.25, 0.3) is 0 Å². The number of rotatable bonds is 1. The zero-order valence-corrected chi connectivity index (χ0v) is 13.4. The highest BCUT2D eigenvalue weighted by molar-refractivity contribution is 5.36. The minimum Gasteiger partial charge on any atom is -0.385 e. The zero-order valence-electron chi connectivity index (χ0n) is 13.4. The van der Waals surface area contributed by atoms with Gasteiger partial charge in [0.2, 0.25) is 0 Å². The summed E-state index contributed by atoms with van der Waals surface area (Å²) in [4.78, 5) is 0. The average Bonchev–Trinajstić information content (AvgIpc) is 2.26. The summed E-state index contributed by atoms with van der Waals surface area (Å²) in [6.07, 6.45) is 3.25. The maximum Gasteiger partial charge on any atom is 0.129 e. The fourth-order valence-electron chi connectivity index (χ4n) is 3.72. The van der Waals surface area contributed by atoms with Crippen LogP contribution >= 0.6 is 0 Å². The third kappa shape index (κ3) is 2.90. The molecule has 0 bridgehead atoms. The van der Waals surface area contributed by atoms with Crippen molar-refractivity contribution in [1.82, 2.24) is 0 Å². The van der Waals surface area contributed by atoms with Gasteiger partial charge in [0.1, 0.15) is 5.82 Å². The minimum atomic E-state index is -0.983. The molecule has 1 aromatic carbocycles. The Kier molecular flexibility index (Phi) is 3.98. The lowest BCUT2D eigenvalue weighted by Gasteiger charge is -2.42. The lowest BCUT2D eigenvalue weighted by molar-refractivity contribution is -0.0327. The SMILES string of the molecule is Cc1cc(C)c(C2(O)CCC(C(C)(C)C)CC2)c(F)c1. The molecule has 0 amide bonds. The Hall–Kier alpha value is -0.890. The van der Waals surface area contributed by atoms with Gasteiger partial charge < -0.3 is 5.11 Å². The van der Waals surface area contributed by atoms with Crippen LogP contribution < -0.4 is 0 Å². The van der Waals surface area contributed by atoms with Gasteiger partial charge in [-0.25, -0.2) is 4.39 Å². The molecule has 1 fully saturated rings. The molecule has 112 valence electrons. The number of halogens is 1. The molecule has 0 saturated heterocycles. The third-order valence-corrected chi connectivity index (χ3v) is 4.93. The lowest BCUT2D eigenvalue weighted by atomic mass is 9.66. The summed E-state index contributed by atoms with van der Waals surface area (Å²) in [7, 11) is 0. The van der Waals surface area contributed by atoms with Gasteiger partial charge in [-0.2, -0.15) is 0 Å². The summed E-state index contributed by atoms with van der Waals surface area (Å²) < 4.78 is 14.3. The van der Waals surface area contributed by atoms with Gasteiger partial charge >= 0.3 is 0 Å². The molecule has 20 heavy (non-hydrogen) atoms. The molecular formula is C18H27FO. The highest BCUT2D eigenvalue weighted by Crippen LogP contribution is 2.46. The summed E-state index contributed by atoms with van der Waals surface area (Å²) in [6, 6.07) is 3.50. The molecule has 0 spiro atoms. The van der Waals surface area contributed by atoms with Crippen molar-refractivity contribution in [3.63, 3.8) is 0 Å². The van der Waals surface area contributed by atoms with Gasteiger partial charge in [0.05, 0.1) is 5.60 Å². The topological polar surface area (TPSA) is 20.2 Å². The second kappa shape index (κ2) is 5.14. The standard InChI is InChI=1S/C18H27FO/c1-12-10-13(2)16(15(19)11-12)18(20)8-6-14(7-9-18)17(3,4)5/h10-11,14,20H,6-9H2,1-5H3. The summed E-state index contributed by atoms with van der Waals surface area (Å²) in [6.45, 7) is 10.5. The van der Waals surface area contributed by atoms with E-state index in [-0.39, 0.29) is 11.2 Å². The van der Waals surface area contributed by atoms with Crippen LogP contribution in [-0.2, 0) is 5.60 Å². The molecule has 0 aliphatic heterocycles. The predicted molar refractivity (Wildman–Crippen MR) is 81.2 cm³/mol. The largest absolute Gasteiger partial charge is 0.385 e. The summed E-state index contributed by atoms with van der Waals surface area (Å²) >= 11 is 0. The highest BCUT2D eigenvalue weighted by atomic mass is 19.1. The molecule has 1 N–H and O–H groups in total. The molecule has 0 heterocycles. The molecule has 0 radical (unpaired) electrons. The van der Waals surface area contributed by atoms with Gasteiger partial charge in [-0.15, -0.1) is 0 Å². The molecule has 0 unspecified atom stereocenters. The summed E-state index contributed by atoms with van der Waals surface area (Å²) in [5, 5.41) is 10.9. The maximum atomic E-state index is 14.3. The van der Waals surface area contributed by atoms with Crippen LogP contribution in [-0.4, -0.2) is 5.11 Å². The predicted octanol–water partition coefficient (Wildman–Crippen LogP) is 4.87.